The zero-order chi connectivity index (χ0) is 22.9. The van der Waals surface area contributed by atoms with E-state index < -0.39 is 19.1 Å². The van der Waals surface area contributed by atoms with Gasteiger partial charge in [-0.1, -0.05) is 42.5 Å². The van der Waals surface area contributed by atoms with Gasteiger partial charge in [-0.15, -0.1) is 0 Å². The third-order valence-corrected chi connectivity index (χ3v) is 7.94. The molecule has 7 nitrogen and oxygen atoms in total. The fourth-order valence-electron chi connectivity index (χ4n) is 3.42. The number of aromatic nitrogens is 1. The van der Waals surface area contributed by atoms with Gasteiger partial charge < -0.3 is 5.32 Å². The highest BCUT2D eigenvalue weighted by Gasteiger charge is 2.26. The molecule has 2 heterocycles. The number of halogens is 1. The molecule has 0 unspecified atom stereocenters. The lowest BCUT2D eigenvalue weighted by Crippen LogP contribution is -2.26. The van der Waals surface area contributed by atoms with Gasteiger partial charge in [0.1, 0.15) is 0 Å². The molecular weight excluding hydrogens is 472 g/mol. The van der Waals surface area contributed by atoms with Crippen LogP contribution in [0, 0.1) is 0 Å². The fraction of sp³-hybridized carbons (Fsp3) is 0.0455. The first kappa shape index (κ1) is 22.1. The molecule has 1 aliphatic heterocycles. The molecular formula is C22H17ClN2O5S2. The summed E-state index contributed by atoms with van der Waals surface area (Å²) in [4.78, 5) is 12.3. The standard InChI is InChI=1S/C16H12N2O3S.C6H5ClO2S/c19-16-13-7-4-8-14-15(13)11(9-17-16)10-18(14)22(20,21)12-5-2-1-3-6-12;7-10(8,9)6-4-2-1-3-5-6/h1-8,10H,9H2,(H,17,19);1-5H. The van der Waals surface area contributed by atoms with Gasteiger partial charge in [-0.25, -0.2) is 20.8 Å². The summed E-state index contributed by atoms with van der Waals surface area (Å²) in [5.41, 5.74) is 1.86. The summed E-state index contributed by atoms with van der Waals surface area (Å²) in [6.45, 7) is 0.337. The van der Waals surface area contributed by atoms with Crippen molar-refractivity contribution in [2.24, 2.45) is 0 Å². The molecule has 10 heteroatoms. The SMILES string of the molecule is O=C1NCc2cn(S(=O)(=O)c3ccccc3)c3cccc1c23.O=S(=O)(Cl)c1ccccc1. The van der Waals surface area contributed by atoms with Crippen LogP contribution in [0.25, 0.3) is 10.9 Å². The minimum Gasteiger partial charge on any atom is -0.348 e. The number of carbonyl (C=O) groups is 1. The molecule has 1 amide bonds. The number of nitrogens with zero attached hydrogens (tertiary/aromatic N) is 1. The van der Waals surface area contributed by atoms with E-state index in [4.69, 9.17) is 10.7 Å². The number of amides is 1. The molecule has 4 aromatic rings. The van der Waals surface area contributed by atoms with Crippen molar-refractivity contribution in [2.45, 2.75) is 16.3 Å². The van der Waals surface area contributed by atoms with Crippen molar-refractivity contribution in [1.29, 1.82) is 0 Å². The van der Waals surface area contributed by atoms with E-state index in [0.717, 1.165) is 5.56 Å². The highest BCUT2D eigenvalue weighted by atomic mass is 35.7. The molecule has 0 atom stereocenters. The summed E-state index contributed by atoms with van der Waals surface area (Å²) in [6, 6.07) is 21.3. The second-order valence-corrected chi connectivity index (χ2v) is 11.3. The molecule has 0 radical (unpaired) electrons. The Morgan fingerprint density at radius 1 is 0.781 bits per heavy atom. The van der Waals surface area contributed by atoms with E-state index in [2.05, 4.69) is 5.32 Å². The summed E-state index contributed by atoms with van der Waals surface area (Å²) >= 11 is 0. The van der Waals surface area contributed by atoms with Crippen molar-refractivity contribution in [3.05, 3.63) is 96.2 Å². The number of nitrogens with one attached hydrogen (secondary N) is 1. The largest absolute Gasteiger partial charge is 0.348 e. The number of benzene rings is 3. The van der Waals surface area contributed by atoms with Gasteiger partial charge in [0.25, 0.3) is 25.0 Å². The van der Waals surface area contributed by atoms with Crippen molar-refractivity contribution < 1.29 is 21.6 Å². The van der Waals surface area contributed by atoms with Crippen molar-refractivity contribution in [3.8, 4) is 0 Å². The predicted molar refractivity (Wildman–Crippen MR) is 122 cm³/mol. The Hall–Kier alpha value is -3.14. The van der Waals surface area contributed by atoms with Crippen molar-refractivity contribution in [1.82, 2.24) is 9.29 Å². The van der Waals surface area contributed by atoms with Gasteiger partial charge in [-0.2, -0.15) is 0 Å². The second-order valence-electron chi connectivity index (χ2n) is 6.90. The molecule has 3 aromatic carbocycles. The minimum atomic E-state index is -3.68. The lowest BCUT2D eigenvalue weighted by Gasteiger charge is -2.12. The van der Waals surface area contributed by atoms with E-state index >= 15 is 0 Å². The Morgan fingerprint density at radius 3 is 1.94 bits per heavy atom. The zero-order valence-corrected chi connectivity index (χ0v) is 18.9. The maximum Gasteiger partial charge on any atom is 0.268 e. The Bertz CT molecular complexity index is 1510. The van der Waals surface area contributed by atoms with Crippen LogP contribution in [0.2, 0.25) is 0 Å². The smallest absolute Gasteiger partial charge is 0.268 e. The summed E-state index contributed by atoms with van der Waals surface area (Å²) < 4.78 is 48.2. The van der Waals surface area contributed by atoms with Crippen LogP contribution in [0.5, 0.6) is 0 Å². The van der Waals surface area contributed by atoms with Crippen LogP contribution in [0.1, 0.15) is 15.9 Å². The van der Waals surface area contributed by atoms with Crippen LogP contribution < -0.4 is 5.32 Å². The summed E-state index contributed by atoms with van der Waals surface area (Å²) in [6.07, 6.45) is 1.59. The molecule has 0 spiro atoms. The molecule has 5 rings (SSSR count). The van der Waals surface area contributed by atoms with Crippen LogP contribution >= 0.6 is 10.7 Å². The first-order chi connectivity index (χ1) is 15.2. The average molecular weight is 489 g/mol. The van der Waals surface area contributed by atoms with E-state index in [1.54, 1.807) is 72.9 Å². The molecule has 0 fully saturated rings. The van der Waals surface area contributed by atoms with Gasteiger partial charge in [0.05, 0.1) is 15.3 Å². The molecule has 0 bridgehead atoms. The Kier molecular flexibility index (Phi) is 5.81. The number of rotatable bonds is 3. The molecule has 1 N–H and O–H groups in total. The summed E-state index contributed by atoms with van der Waals surface area (Å²) in [7, 11) is -2.18. The first-order valence-corrected chi connectivity index (χ1v) is 13.2. The van der Waals surface area contributed by atoms with E-state index in [1.165, 1.54) is 16.1 Å². The van der Waals surface area contributed by atoms with E-state index in [9.17, 15) is 21.6 Å². The lowest BCUT2D eigenvalue weighted by molar-refractivity contribution is 0.0949. The van der Waals surface area contributed by atoms with E-state index in [-0.39, 0.29) is 15.7 Å². The van der Waals surface area contributed by atoms with Crippen LogP contribution in [0.3, 0.4) is 0 Å². The fourth-order valence-corrected chi connectivity index (χ4v) is 5.61. The first-order valence-electron chi connectivity index (χ1n) is 9.41. The molecule has 0 saturated carbocycles. The Labute approximate surface area is 189 Å². The van der Waals surface area contributed by atoms with Crippen LogP contribution in [-0.2, 0) is 25.6 Å². The molecule has 1 aliphatic rings. The van der Waals surface area contributed by atoms with Gasteiger partial charge in [0.15, 0.2) is 0 Å². The number of hydrogen-bond donors (Lipinski definition) is 1. The van der Waals surface area contributed by atoms with Crippen molar-refractivity contribution in [3.63, 3.8) is 0 Å². The highest BCUT2D eigenvalue weighted by Crippen LogP contribution is 2.30. The van der Waals surface area contributed by atoms with Gasteiger partial charge >= 0.3 is 0 Å². The number of carbonyl (C=O) groups excluding carboxylic acids is 1. The van der Waals surface area contributed by atoms with Crippen molar-refractivity contribution in [2.75, 3.05) is 0 Å². The summed E-state index contributed by atoms with van der Waals surface area (Å²) in [5, 5.41) is 3.47. The van der Waals surface area contributed by atoms with E-state index in [0.29, 0.717) is 23.0 Å². The zero-order valence-electron chi connectivity index (χ0n) is 16.5. The molecule has 0 saturated heterocycles. The van der Waals surface area contributed by atoms with Crippen LogP contribution in [0.4, 0.5) is 0 Å². The van der Waals surface area contributed by atoms with Crippen molar-refractivity contribution >= 4 is 46.6 Å². The van der Waals surface area contributed by atoms with Gasteiger partial charge in [-0.3, -0.25) is 4.79 Å². The topological polar surface area (TPSA) is 102 Å². The van der Waals surface area contributed by atoms with Crippen LogP contribution in [-0.4, -0.2) is 26.7 Å². The molecule has 32 heavy (non-hydrogen) atoms. The Balaban J connectivity index is 0.000000207. The maximum absolute atomic E-state index is 12.8. The predicted octanol–water partition coefficient (Wildman–Crippen LogP) is 3.74. The Morgan fingerprint density at radius 2 is 1.38 bits per heavy atom. The van der Waals surface area contributed by atoms with Crippen LogP contribution in [0.15, 0.2) is 94.9 Å². The maximum atomic E-state index is 12.8. The van der Waals surface area contributed by atoms with E-state index in [1.807, 2.05) is 0 Å². The molecule has 164 valence electrons. The highest BCUT2D eigenvalue weighted by molar-refractivity contribution is 8.13. The molecule has 0 aliphatic carbocycles. The number of hydrogen-bond acceptors (Lipinski definition) is 5. The normalized spacial score (nSPS) is 13.2. The third kappa shape index (κ3) is 4.14. The van der Waals surface area contributed by atoms with Gasteiger partial charge in [0.2, 0.25) is 0 Å². The lowest BCUT2D eigenvalue weighted by atomic mass is 10.0. The monoisotopic (exact) mass is 488 g/mol. The average Bonchev–Trinajstić information content (AvgIpc) is 3.18. The molecule has 1 aromatic heterocycles. The summed E-state index contributed by atoms with van der Waals surface area (Å²) in [5.74, 6) is -0.173. The second kappa shape index (κ2) is 8.42. The third-order valence-electron chi connectivity index (χ3n) is 4.88. The van der Waals surface area contributed by atoms with Gasteiger partial charge in [-0.05, 0) is 42.0 Å². The quantitative estimate of drug-likeness (QED) is 0.442. The van der Waals surface area contributed by atoms with Gasteiger partial charge in [0, 0.05) is 34.4 Å². The minimum absolute atomic E-state index is 0.136.